The molecule has 28 heavy (non-hydrogen) atoms. The minimum Gasteiger partial charge on any atom is -0.755 e. The number of carbonyl (C=O) groups excluding carboxylic acids is 2. The van der Waals surface area contributed by atoms with Gasteiger partial charge in [0.2, 0.25) is 0 Å². The van der Waals surface area contributed by atoms with Crippen molar-refractivity contribution >= 4 is 34.5 Å². The number of aliphatic carboxylic acids is 1. The van der Waals surface area contributed by atoms with Crippen LogP contribution in [0.3, 0.4) is 0 Å². The molecule has 1 atom stereocenters. The molecule has 3 rings (SSSR count). The van der Waals surface area contributed by atoms with Crippen molar-refractivity contribution in [2.45, 2.75) is 19.8 Å². The molecule has 0 aliphatic heterocycles. The highest BCUT2D eigenvalue weighted by Crippen LogP contribution is 2.33. The predicted octanol–water partition coefficient (Wildman–Crippen LogP) is 2.46. The van der Waals surface area contributed by atoms with E-state index in [2.05, 4.69) is 4.72 Å². The molecule has 2 aromatic carbocycles. The molecule has 2 N–H and O–H groups in total. The number of rotatable bonds is 6. The molecule has 0 saturated heterocycles. The molecule has 1 aliphatic carbocycles. The van der Waals surface area contributed by atoms with Crippen molar-refractivity contribution < 1.29 is 28.3 Å². The molecule has 0 saturated carbocycles. The summed E-state index contributed by atoms with van der Waals surface area (Å²) in [7, 11) is 0. The van der Waals surface area contributed by atoms with Gasteiger partial charge in [0.25, 0.3) is 0 Å². The summed E-state index contributed by atoms with van der Waals surface area (Å²) in [5, 5.41) is 8.94. The Morgan fingerprint density at radius 3 is 2.46 bits per heavy atom. The molecule has 2 aromatic rings. The smallest absolute Gasteiger partial charge is 0.307 e. The predicted molar refractivity (Wildman–Crippen MR) is 102 cm³/mol. The molecule has 0 spiro atoms. The normalized spacial score (nSPS) is 14.6. The second-order valence-corrected chi connectivity index (χ2v) is 7.07. The van der Waals surface area contributed by atoms with E-state index in [-0.39, 0.29) is 41.0 Å². The van der Waals surface area contributed by atoms with E-state index in [0.717, 1.165) is 0 Å². The van der Waals surface area contributed by atoms with E-state index in [9.17, 15) is 23.1 Å². The summed E-state index contributed by atoms with van der Waals surface area (Å²) in [6.45, 7) is 1.56. The molecule has 7 nitrogen and oxygen atoms in total. The average Bonchev–Trinajstić information content (AvgIpc) is 2.62. The van der Waals surface area contributed by atoms with E-state index in [1.165, 1.54) is 18.2 Å². The van der Waals surface area contributed by atoms with Crippen molar-refractivity contribution in [3.63, 3.8) is 0 Å². The lowest BCUT2D eigenvalue weighted by Gasteiger charge is -2.22. The summed E-state index contributed by atoms with van der Waals surface area (Å²) in [5.41, 5.74) is 2.06. The minimum absolute atomic E-state index is 0.0268. The van der Waals surface area contributed by atoms with Gasteiger partial charge in [0, 0.05) is 34.4 Å². The van der Waals surface area contributed by atoms with Crippen LogP contribution in [0.1, 0.15) is 38.8 Å². The van der Waals surface area contributed by atoms with Crippen LogP contribution >= 0.6 is 0 Å². The van der Waals surface area contributed by atoms with E-state index in [4.69, 9.17) is 5.11 Å². The Bertz CT molecular complexity index is 1060. The highest BCUT2D eigenvalue weighted by Gasteiger charge is 2.32. The first-order valence-corrected chi connectivity index (χ1v) is 9.43. The molecule has 1 aliphatic rings. The minimum atomic E-state index is -2.64. The molecule has 8 heteroatoms. The highest BCUT2D eigenvalue weighted by molar-refractivity contribution is 7.80. The Morgan fingerprint density at radius 1 is 1.11 bits per heavy atom. The van der Waals surface area contributed by atoms with E-state index >= 15 is 0 Å². The van der Waals surface area contributed by atoms with Gasteiger partial charge in [0.05, 0.1) is 17.7 Å². The van der Waals surface area contributed by atoms with Crippen molar-refractivity contribution in [2.24, 2.45) is 0 Å². The molecular weight excluding hydrogens is 382 g/mol. The number of benzene rings is 2. The quantitative estimate of drug-likeness (QED) is 0.721. The maximum atomic E-state index is 13.1. The van der Waals surface area contributed by atoms with Crippen molar-refractivity contribution in [2.75, 3.05) is 4.72 Å². The maximum Gasteiger partial charge on any atom is 0.307 e. The lowest BCUT2D eigenvalue weighted by molar-refractivity contribution is -0.136. The van der Waals surface area contributed by atoms with Gasteiger partial charge in [-0.15, -0.1) is 0 Å². The zero-order chi connectivity index (χ0) is 20.4. The standard InChI is InChI=1S/C20H17NO6S/c1-11-15(9-12-4-2-5-13(8-12)10-17(22)23)20(25)18-14(19(11)24)6-3-7-16(18)21-28(26)27/h2-8,21H,9-10H2,1H3,(H,22,23)(H,26,27)/p-1. The Morgan fingerprint density at radius 2 is 1.79 bits per heavy atom. The van der Waals surface area contributed by atoms with Gasteiger partial charge in [-0.25, -0.2) is 0 Å². The number of carboxylic acids is 1. The van der Waals surface area contributed by atoms with Crippen LogP contribution in [-0.2, 0) is 28.9 Å². The van der Waals surface area contributed by atoms with E-state index in [1.807, 2.05) is 0 Å². The molecule has 0 radical (unpaired) electrons. The Kier molecular flexibility index (Phi) is 5.53. The Balaban J connectivity index is 2.01. The lowest BCUT2D eigenvalue weighted by atomic mass is 9.81. The molecule has 0 bridgehead atoms. The summed E-state index contributed by atoms with van der Waals surface area (Å²) in [6.07, 6.45) is -0.0108. The topological polar surface area (TPSA) is 124 Å². The zero-order valence-electron chi connectivity index (χ0n) is 14.9. The summed E-state index contributed by atoms with van der Waals surface area (Å²) >= 11 is -2.64. The fraction of sp³-hybridized carbons (Fsp3) is 0.150. The number of nitrogens with one attached hydrogen (secondary N) is 1. The summed E-state index contributed by atoms with van der Waals surface area (Å²) in [6, 6.07) is 11.2. The van der Waals surface area contributed by atoms with Crippen molar-refractivity contribution in [3.8, 4) is 0 Å². The third kappa shape index (κ3) is 3.92. The summed E-state index contributed by atoms with van der Waals surface area (Å²) in [5.74, 6) is -1.73. The van der Waals surface area contributed by atoms with Crippen molar-refractivity contribution in [1.29, 1.82) is 0 Å². The monoisotopic (exact) mass is 398 g/mol. The Hall–Kier alpha value is -3.10. The van der Waals surface area contributed by atoms with Crippen LogP contribution in [0.4, 0.5) is 5.69 Å². The van der Waals surface area contributed by atoms with Gasteiger partial charge in [-0.2, -0.15) is 0 Å². The first kappa shape index (κ1) is 19.7. The average molecular weight is 398 g/mol. The van der Waals surface area contributed by atoms with Gasteiger partial charge in [-0.1, -0.05) is 36.4 Å². The number of fused-ring (bicyclic) bond motifs is 1. The third-order valence-electron chi connectivity index (χ3n) is 4.52. The van der Waals surface area contributed by atoms with Crippen LogP contribution in [-0.4, -0.2) is 31.4 Å². The van der Waals surface area contributed by atoms with Crippen LogP contribution in [0.25, 0.3) is 0 Å². The van der Waals surface area contributed by atoms with Crippen molar-refractivity contribution in [1.82, 2.24) is 0 Å². The fourth-order valence-corrected chi connectivity index (χ4v) is 3.61. The van der Waals surface area contributed by atoms with Crippen LogP contribution in [0.15, 0.2) is 53.6 Å². The Labute approximate surface area is 163 Å². The number of hydrogen-bond donors (Lipinski definition) is 2. The van der Waals surface area contributed by atoms with Gasteiger partial charge in [-0.3, -0.25) is 18.6 Å². The molecule has 0 heterocycles. The van der Waals surface area contributed by atoms with Crippen LogP contribution < -0.4 is 4.72 Å². The number of allylic oxidation sites excluding steroid dienone is 2. The van der Waals surface area contributed by atoms with E-state index < -0.39 is 23.0 Å². The number of Topliss-reactive ketones (excluding diaryl/α,β-unsaturated/α-hetero) is 2. The molecule has 144 valence electrons. The number of hydrogen-bond acceptors (Lipinski definition) is 5. The first-order valence-electron chi connectivity index (χ1n) is 8.35. The molecule has 0 fully saturated rings. The zero-order valence-corrected chi connectivity index (χ0v) is 15.7. The van der Waals surface area contributed by atoms with Gasteiger partial charge >= 0.3 is 5.97 Å². The number of ketones is 2. The maximum absolute atomic E-state index is 13.1. The second kappa shape index (κ2) is 7.87. The molecular formula is C20H16NO6S-. The third-order valence-corrected chi connectivity index (χ3v) is 4.91. The van der Waals surface area contributed by atoms with Gasteiger partial charge in [-0.05, 0) is 24.1 Å². The number of carboxylic acid groups (broad SMARTS) is 1. The SMILES string of the molecule is CC1=C(Cc2cccc(CC(=O)O)c2)C(=O)c2c(NS(=O)[O-])cccc2C1=O. The second-order valence-electron chi connectivity index (χ2n) is 6.39. The van der Waals surface area contributed by atoms with E-state index in [0.29, 0.717) is 16.7 Å². The molecule has 0 amide bonds. The summed E-state index contributed by atoms with van der Waals surface area (Å²) < 4.78 is 24.2. The van der Waals surface area contributed by atoms with Crippen molar-refractivity contribution in [3.05, 3.63) is 75.9 Å². The van der Waals surface area contributed by atoms with Gasteiger partial charge in [0.1, 0.15) is 0 Å². The van der Waals surface area contributed by atoms with Crippen LogP contribution in [0, 0.1) is 0 Å². The molecule has 0 aromatic heterocycles. The van der Waals surface area contributed by atoms with Gasteiger partial charge in [0.15, 0.2) is 11.6 Å². The number of anilines is 1. The van der Waals surface area contributed by atoms with Crippen LogP contribution in [0.5, 0.6) is 0 Å². The van der Waals surface area contributed by atoms with E-state index in [1.54, 1.807) is 31.2 Å². The molecule has 1 unspecified atom stereocenters. The highest BCUT2D eigenvalue weighted by atomic mass is 32.2. The van der Waals surface area contributed by atoms with Crippen LogP contribution in [0.2, 0.25) is 0 Å². The first-order chi connectivity index (χ1) is 13.3. The largest absolute Gasteiger partial charge is 0.755 e. The summed E-state index contributed by atoms with van der Waals surface area (Å²) in [4.78, 5) is 36.8. The fourth-order valence-electron chi connectivity index (χ4n) is 3.26. The lowest BCUT2D eigenvalue weighted by Crippen LogP contribution is -2.24. The number of carbonyl (C=O) groups is 3. The van der Waals surface area contributed by atoms with Gasteiger partial charge < -0.3 is 14.4 Å².